The Bertz CT molecular complexity index is 298. The lowest BCUT2D eigenvalue weighted by Crippen LogP contribution is -2.35. The number of hydrogen-bond acceptors (Lipinski definition) is 3. The topological polar surface area (TPSA) is 46.2 Å². The van der Waals surface area contributed by atoms with Gasteiger partial charge in [0.2, 0.25) is 0 Å². The first-order valence-corrected chi connectivity index (χ1v) is 7.33. The van der Waals surface area contributed by atoms with Gasteiger partial charge in [0.25, 0.3) is 0 Å². The molecule has 1 rings (SSSR count). The first-order chi connectivity index (χ1) is 7.06. The van der Waals surface area contributed by atoms with E-state index in [9.17, 15) is 8.42 Å². The highest BCUT2D eigenvalue weighted by molar-refractivity contribution is 7.92. The molecule has 0 amide bonds. The van der Waals surface area contributed by atoms with E-state index >= 15 is 0 Å². The third kappa shape index (κ3) is 3.95. The number of allylic oxidation sites excluding steroid dienone is 1. The van der Waals surface area contributed by atoms with Crippen LogP contribution in [0.1, 0.15) is 32.6 Å². The van der Waals surface area contributed by atoms with Crippen LogP contribution in [-0.4, -0.2) is 32.0 Å². The summed E-state index contributed by atoms with van der Waals surface area (Å²) < 4.78 is 23.1. The molecule has 0 saturated carbocycles. The molecule has 0 aromatic carbocycles. The minimum atomic E-state index is -2.79. The van der Waals surface area contributed by atoms with Crippen LogP contribution in [0.3, 0.4) is 0 Å². The summed E-state index contributed by atoms with van der Waals surface area (Å²) in [7, 11) is -2.79. The second-order valence-electron chi connectivity index (χ2n) is 4.31. The van der Waals surface area contributed by atoms with E-state index in [2.05, 4.69) is 18.8 Å². The lowest BCUT2D eigenvalue weighted by Gasteiger charge is -2.16. The Morgan fingerprint density at radius 3 is 2.87 bits per heavy atom. The van der Waals surface area contributed by atoms with E-state index in [-0.39, 0.29) is 5.25 Å². The number of rotatable bonds is 6. The van der Waals surface area contributed by atoms with Crippen molar-refractivity contribution < 1.29 is 8.42 Å². The Labute approximate surface area is 92.9 Å². The van der Waals surface area contributed by atoms with Crippen molar-refractivity contribution in [3.63, 3.8) is 0 Å². The predicted octanol–water partition coefficient (Wildman–Crippen LogP) is 1.51. The lowest BCUT2D eigenvalue weighted by atomic mass is 10.1. The molecule has 1 aliphatic heterocycles. The zero-order valence-corrected chi connectivity index (χ0v) is 10.2. The summed E-state index contributed by atoms with van der Waals surface area (Å²) in [5.41, 5.74) is 0. The molecule has 15 heavy (non-hydrogen) atoms. The van der Waals surface area contributed by atoms with Crippen molar-refractivity contribution in [3.8, 4) is 0 Å². The standard InChI is InChI=1S/C11H21NO2S/c1-3-4-6-10(2)12-9-11-7-5-8-15(11,13)14/h3,10-12H,1,4-9H2,2H3/t10-,11+/m1/s1. The van der Waals surface area contributed by atoms with Crippen LogP contribution < -0.4 is 5.32 Å². The van der Waals surface area contributed by atoms with Crippen molar-refractivity contribution in [2.24, 2.45) is 0 Å². The monoisotopic (exact) mass is 231 g/mol. The van der Waals surface area contributed by atoms with E-state index in [0.717, 1.165) is 25.7 Å². The quantitative estimate of drug-likeness (QED) is 0.705. The normalized spacial score (nSPS) is 26.3. The third-order valence-corrected chi connectivity index (χ3v) is 5.24. The largest absolute Gasteiger partial charge is 0.313 e. The van der Waals surface area contributed by atoms with Gasteiger partial charge in [-0.25, -0.2) is 8.42 Å². The van der Waals surface area contributed by atoms with Crippen molar-refractivity contribution in [2.75, 3.05) is 12.3 Å². The van der Waals surface area contributed by atoms with E-state index in [1.165, 1.54) is 0 Å². The Kier molecular flexibility index (Phi) is 4.80. The van der Waals surface area contributed by atoms with Gasteiger partial charge in [0.05, 0.1) is 11.0 Å². The highest BCUT2D eigenvalue weighted by Crippen LogP contribution is 2.19. The Morgan fingerprint density at radius 2 is 2.33 bits per heavy atom. The third-order valence-electron chi connectivity index (χ3n) is 2.96. The molecule has 1 saturated heterocycles. The van der Waals surface area contributed by atoms with Crippen LogP contribution >= 0.6 is 0 Å². The maximum absolute atomic E-state index is 11.5. The Hall–Kier alpha value is -0.350. The Morgan fingerprint density at radius 1 is 1.60 bits per heavy atom. The molecule has 1 aliphatic rings. The first-order valence-electron chi connectivity index (χ1n) is 5.62. The maximum Gasteiger partial charge on any atom is 0.154 e. The van der Waals surface area contributed by atoms with Crippen molar-refractivity contribution in [3.05, 3.63) is 12.7 Å². The maximum atomic E-state index is 11.5. The van der Waals surface area contributed by atoms with Gasteiger partial charge < -0.3 is 5.32 Å². The van der Waals surface area contributed by atoms with Crippen LogP contribution in [0, 0.1) is 0 Å². The van der Waals surface area contributed by atoms with Crippen molar-refractivity contribution in [2.45, 2.75) is 43.9 Å². The average Bonchev–Trinajstić information content (AvgIpc) is 2.51. The van der Waals surface area contributed by atoms with Crippen LogP contribution in [0.25, 0.3) is 0 Å². The van der Waals surface area contributed by atoms with E-state index < -0.39 is 9.84 Å². The molecule has 0 unspecified atom stereocenters. The number of sulfone groups is 1. The predicted molar refractivity (Wildman–Crippen MR) is 63.7 cm³/mol. The molecular weight excluding hydrogens is 210 g/mol. The van der Waals surface area contributed by atoms with Crippen LogP contribution in [0.2, 0.25) is 0 Å². The average molecular weight is 231 g/mol. The Balaban J connectivity index is 2.28. The lowest BCUT2D eigenvalue weighted by molar-refractivity contribution is 0.502. The summed E-state index contributed by atoms with van der Waals surface area (Å²) in [6, 6.07) is 0.374. The SMILES string of the molecule is C=CCC[C@@H](C)NC[C@@H]1CCCS1(=O)=O. The van der Waals surface area contributed by atoms with E-state index in [1.54, 1.807) is 0 Å². The number of hydrogen-bond donors (Lipinski definition) is 1. The zero-order chi connectivity index (χ0) is 11.3. The van der Waals surface area contributed by atoms with Gasteiger partial charge in [0.15, 0.2) is 9.84 Å². The molecule has 1 N–H and O–H groups in total. The van der Waals surface area contributed by atoms with Crippen LogP contribution in [0.15, 0.2) is 12.7 Å². The summed E-state index contributed by atoms with van der Waals surface area (Å²) >= 11 is 0. The molecule has 0 bridgehead atoms. The smallest absolute Gasteiger partial charge is 0.154 e. The van der Waals surface area contributed by atoms with Gasteiger partial charge in [0.1, 0.15) is 0 Å². The van der Waals surface area contributed by atoms with Gasteiger partial charge in [-0.2, -0.15) is 0 Å². The van der Waals surface area contributed by atoms with Crippen molar-refractivity contribution in [1.82, 2.24) is 5.32 Å². The summed E-state index contributed by atoms with van der Waals surface area (Å²) in [5.74, 6) is 0.375. The minimum absolute atomic E-state index is 0.149. The number of nitrogens with one attached hydrogen (secondary N) is 1. The second kappa shape index (κ2) is 5.66. The van der Waals surface area contributed by atoms with Gasteiger partial charge in [-0.3, -0.25) is 0 Å². The van der Waals surface area contributed by atoms with Gasteiger partial charge in [0, 0.05) is 12.6 Å². The fourth-order valence-corrected chi connectivity index (χ4v) is 3.67. The van der Waals surface area contributed by atoms with Crippen molar-refractivity contribution >= 4 is 9.84 Å². The fourth-order valence-electron chi connectivity index (χ4n) is 1.89. The molecule has 0 spiro atoms. The van der Waals surface area contributed by atoms with Gasteiger partial charge >= 0.3 is 0 Å². The zero-order valence-electron chi connectivity index (χ0n) is 9.41. The molecular formula is C11H21NO2S. The minimum Gasteiger partial charge on any atom is -0.313 e. The van der Waals surface area contributed by atoms with Gasteiger partial charge in [-0.1, -0.05) is 6.08 Å². The first kappa shape index (κ1) is 12.7. The summed E-state index contributed by atoms with van der Waals surface area (Å²) in [5, 5.41) is 3.14. The molecule has 1 fully saturated rings. The molecule has 0 radical (unpaired) electrons. The summed E-state index contributed by atoms with van der Waals surface area (Å²) in [4.78, 5) is 0. The molecule has 2 atom stereocenters. The fraction of sp³-hybridized carbons (Fsp3) is 0.818. The van der Waals surface area contributed by atoms with E-state index in [0.29, 0.717) is 18.3 Å². The molecule has 0 aromatic rings. The van der Waals surface area contributed by atoms with Crippen molar-refractivity contribution in [1.29, 1.82) is 0 Å². The van der Waals surface area contributed by atoms with Crippen LogP contribution in [0.4, 0.5) is 0 Å². The van der Waals surface area contributed by atoms with E-state index in [1.807, 2.05) is 6.08 Å². The summed E-state index contributed by atoms with van der Waals surface area (Å²) in [6.07, 6.45) is 5.55. The molecule has 0 aliphatic carbocycles. The molecule has 4 heteroatoms. The summed E-state index contributed by atoms with van der Waals surface area (Å²) in [6.45, 7) is 6.37. The van der Waals surface area contributed by atoms with Crippen LogP contribution in [0.5, 0.6) is 0 Å². The van der Waals surface area contributed by atoms with Gasteiger partial charge in [-0.05, 0) is 32.6 Å². The highest BCUT2D eigenvalue weighted by atomic mass is 32.2. The van der Waals surface area contributed by atoms with Crippen LogP contribution in [-0.2, 0) is 9.84 Å². The van der Waals surface area contributed by atoms with Gasteiger partial charge in [-0.15, -0.1) is 6.58 Å². The second-order valence-corrected chi connectivity index (χ2v) is 6.71. The van der Waals surface area contributed by atoms with E-state index in [4.69, 9.17) is 0 Å². The molecule has 88 valence electrons. The molecule has 1 heterocycles. The highest BCUT2D eigenvalue weighted by Gasteiger charge is 2.30. The molecule has 0 aromatic heterocycles. The molecule has 3 nitrogen and oxygen atoms in total.